The molecule has 1 aliphatic heterocycles. The summed E-state index contributed by atoms with van der Waals surface area (Å²) < 4.78 is 40.8. The standard InChI is InChI=1S/C12H16BrFN2O2S.ClH/c1-8-9(2)16(6-5-15-8)19(17,18)12-7-10(13)3-4-11(12)14;/h3-4,7-9,15H,5-6H2,1-2H3;1H. The Labute approximate surface area is 133 Å². The lowest BCUT2D eigenvalue weighted by Gasteiger charge is -2.37. The summed E-state index contributed by atoms with van der Waals surface area (Å²) in [5, 5.41) is 3.20. The minimum absolute atomic E-state index is 0. The van der Waals surface area contributed by atoms with Gasteiger partial charge in [-0.25, -0.2) is 12.8 Å². The summed E-state index contributed by atoms with van der Waals surface area (Å²) in [6, 6.07) is 3.78. The van der Waals surface area contributed by atoms with Gasteiger partial charge in [-0.15, -0.1) is 12.4 Å². The minimum Gasteiger partial charge on any atom is -0.311 e. The number of rotatable bonds is 2. The Kier molecular flexibility index (Phi) is 5.98. The van der Waals surface area contributed by atoms with Gasteiger partial charge in [0.05, 0.1) is 0 Å². The molecule has 1 N–H and O–H groups in total. The van der Waals surface area contributed by atoms with Gasteiger partial charge in [-0.1, -0.05) is 15.9 Å². The fourth-order valence-corrected chi connectivity index (χ4v) is 4.47. The average molecular weight is 388 g/mol. The molecule has 20 heavy (non-hydrogen) atoms. The van der Waals surface area contributed by atoms with Crippen molar-refractivity contribution >= 4 is 38.4 Å². The van der Waals surface area contributed by atoms with Gasteiger partial charge in [0.1, 0.15) is 10.7 Å². The summed E-state index contributed by atoms with van der Waals surface area (Å²) in [6.07, 6.45) is 0. The average Bonchev–Trinajstić information content (AvgIpc) is 2.35. The molecule has 0 spiro atoms. The van der Waals surface area contributed by atoms with E-state index in [2.05, 4.69) is 21.2 Å². The number of nitrogens with zero attached hydrogens (tertiary/aromatic N) is 1. The van der Waals surface area contributed by atoms with E-state index < -0.39 is 15.8 Å². The largest absolute Gasteiger partial charge is 0.311 e. The van der Waals surface area contributed by atoms with Crippen molar-refractivity contribution in [1.82, 2.24) is 9.62 Å². The van der Waals surface area contributed by atoms with Gasteiger partial charge in [0.15, 0.2) is 0 Å². The molecule has 1 aromatic carbocycles. The quantitative estimate of drug-likeness (QED) is 0.847. The van der Waals surface area contributed by atoms with Crippen molar-refractivity contribution in [2.24, 2.45) is 0 Å². The third-order valence-corrected chi connectivity index (χ3v) is 5.95. The van der Waals surface area contributed by atoms with Crippen molar-refractivity contribution in [1.29, 1.82) is 0 Å². The zero-order valence-corrected chi connectivity index (χ0v) is 14.4. The number of sulfonamides is 1. The highest BCUT2D eigenvalue weighted by molar-refractivity contribution is 9.10. The summed E-state index contributed by atoms with van der Waals surface area (Å²) >= 11 is 3.18. The number of hydrogen-bond acceptors (Lipinski definition) is 3. The van der Waals surface area contributed by atoms with Crippen LogP contribution in [0.2, 0.25) is 0 Å². The van der Waals surface area contributed by atoms with Gasteiger partial charge in [0, 0.05) is 29.6 Å². The van der Waals surface area contributed by atoms with E-state index >= 15 is 0 Å². The Hall–Kier alpha value is -0.210. The third kappa shape index (κ3) is 3.33. The summed E-state index contributed by atoms with van der Waals surface area (Å²) in [7, 11) is -3.81. The fraction of sp³-hybridized carbons (Fsp3) is 0.500. The first-order chi connectivity index (χ1) is 8.84. The van der Waals surface area contributed by atoms with Crippen LogP contribution in [-0.2, 0) is 10.0 Å². The lowest BCUT2D eigenvalue weighted by atomic mass is 10.1. The van der Waals surface area contributed by atoms with Crippen molar-refractivity contribution in [3.63, 3.8) is 0 Å². The van der Waals surface area contributed by atoms with Crippen LogP contribution in [0.1, 0.15) is 13.8 Å². The van der Waals surface area contributed by atoms with Crippen LogP contribution in [0.5, 0.6) is 0 Å². The molecule has 0 saturated carbocycles. The molecule has 0 aliphatic carbocycles. The molecule has 0 bridgehead atoms. The first-order valence-electron chi connectivity index (χ1n) is 6.04. The molecule has 0 aromatic heterocycles. The van der Waals surface area contributed by atoms with Gasteiger partial charge in [-0.2, -0.15) is 4.31 Å². The van der Waals surface area contributed by atoms with Crippen molar-refractivity contribution in [2.75, 3.05) is 13.1 Å². The molecule has 1 saturated heterocycles. The summed E-state index contributed by atoms with van der Waals surface area (Å²) in [6.45, 7) is 4.66. The Morgan fingerprint density at radius 1 is 1.40 bits per heavy atom. The number of halogens is 3. The third-order valence-electron chi connectivity index (χ3n) is 3.46. The second kappa shape index (κ2) is 6.70. The lowest BCUT2D eigenvalue weighted by molar-refractivity contribution is 0.232. The van der Waals surface area contributed by atoms with Crippen LogP contribution < -0.4 is 5.32 Å². The van der Waals surface area contributed by atoms with E-state index in [1.165, 1.54) is 16.4 Å². The van der Waals surface area contributed by atoms with Crippen molar-refractivity contribution in [2.45, 2.75) is 30.8 Å². The maximum atomic E-state index is 13.8. The Balaban J connectivity index is 0.00000200. The van der Waals surface area contributed by atoms with E-state index in [1.807, 2.05) is 13.8 Å². The first kappa shape index (κ1) is 17.8. The minimum atomic E-state index is -3.81. The van der Waals surface area contributed by atoms with Gasteiger partial charge in [0.2, 0.25) is 10.0 Å². The number of hydrogen-bond donors (Lipinski definition) is 1. The zero-order valence-electron chi connectivity index (χ0n) is 11.1. The van der Waals surface area contributed by atoms with Crippen molar-refractivity contribution in [3.05, 3.63) is 28.5 Å². The molecule has 2 rings (SSSR count). The number of benzene rings is 1. The van der Waals surface area contributed by atoms with Gasteiger partial charge in [0.25, 0.3) is 0 Å². The summed E-state index contributed by atoms with van der Waals surface area (Å²) in [4.78, 5) is -0.275. The fourth-order valence-electron chi connectivity index (χ4n) is 2.17. The van der Waals surface area contributed by atoms with Crippen molar-refractivity contribution in [3.8, 4) is 0 Å². The van der Waals surface area contributed by atoms with Gasteiger partial charge in [-0.05, 0) is 32.0 Å². The van der Waals surface area contributed by atoms with E-state index in [9.17, 15) is 12.8 Å². The highest BCUT2D eigenvalue weighted by atomic mass is 79.9. The van der Waals surface area contributed by atoms with E-state index in [-0.39, 0.29) is 29.4 Å². The van der Waals surface area contributed by atoms with Crippen LogP contribution in [0.4, 0.5) is 4.39 Å². The molecule has 1 aliphatic rings. The van der Waals surface area contributed by atoms with E-state index in [0.29, 0.717) is 17.6 Å². The molecular formula is C12H17BrClFN2O2S. The SMILES string of the molecule is CC1NCCN(S(=O)(=O)c2cc(Br)ccc2F)C1C.Cl. The smallest absolute Gasteiger partial charge is 0.246 e. The second-order valence-electron chi connectivity index (χ2n) is 4.67. The Bertz CT molecular complexity index is 585. The van der Waals surface area contributed by atoms with Gasteiger partial charge >= 0.3 is 0 Å². The Morgan fingerprint density at radius 3 is 2.70 bits per heavy atom. The second-order valence-corrected chi connectivity index (χ2v) is 7.45. The Morgan fingerprint density at radius 2 is 2.05 bits per heavy atom. The maximum Gasteiger partial charge on any atom is 0.246 e. The van der Waals surface area contributed by atoms with Crippen LogP contribution >= 0.6 is 28.3 Å². The summed E-state index contributed by atoms with van der Waals surface area (Å²) in [5.74, 6) is -0.721. The van der Waals surface area contributed by atoms with E-state index in [1.54, 1.807) is 0 Å². The lowest BCUT2D eigenvalue weighted by Crippen LogP contribution is -2.57. The molecule has 114 valence electrons. The van der Waals surface area contributed by atoms with Crippen LogP contribution in [0, 0.1) is 5.82 Å². The predicted molar refractivity (Wildman–Crippen MR) is 82.2 cm³/mol. The molecule has 2 unspecified atom stereocenters. The number of piperazine rings is 1. The van der Waals surface area contributed by atoms with Gasteiger partial charge < -0.3 is 5.32 Å². The highest BCUT2D eigenvalue weighted by Crippen LogP contribution is 2.26. The highest BCUT2D eigenvalue weighted by Gasteiger charge is 2.35. The van der Waals surface area contributed by atoms with Crippen LogP contribution in [0.25, 0.3) is 0 Å². The van der Waals surface area contributed by atoms with Crippen LogP contribution in [0.15, 0.2) is 27.6 Å². The van der Waals surface area contributed by atoms with Crippen LogP contribution in [0.3, 0.4) is 0 Å². The molecule has 1 fully saturated rings. The molecule has 1 aromatic rings. The topological polar surface area (TPSA) is 49.4 Å². The maximum absolute atomic E-state index is 13.8. The molecule has 8 heteroatoms. The molecule has 4 nitrogen and oxygen atoms in total. The molecule has 1 heterocycles. The molecule has 0 amide bonds. The normalized spacial score (nSPS) is 24.2. The monoisotopic (exact) mass is 386 g/mol. The van der Waals surface area contributed by atoms with Crippen molar-refractivity contribution < 1.29 is 12.8 Å². The van der Waals surface area contributed by atoms with Gasteiger partial charge in [-0.3, -0.25) is 0 Å². The van der Waals surface area contributed by atoms with E-state index in [4.69, 9.17) is 0 Å². The van der Waals surface area contributed by atoms with Crippen LogP contribution in [-0.4, -0.2) is 37.9 Å². The first-order valence-corrected chi connectivity index (χ1v) is 8.27. The predicted octanol–water partition coefficient (Wildman–Crippen LogP) is 2.38. The van der Waals surface area contributed by atoms with E-state index in [0.717, 1.165) is 6.07 Å². The zero-order chi connectivity index (χ0) is 14.2. The summed E-state index contributed by atoms with van der Waals surface area (Å²) in [5.41, 5.74) is 0. The molecular weight excluding hydrogens is 371 g/mol. The molecule has 2 atom stereocenters. The molecule has 0 radical (unpaired) electrons. The number of nitrogens with one attached hydrogen (secondary N) is 1.